The highest BCUT2D eigenvalue weighted by molar-refractivity contribution is 7.89. The number of anilines is 2. The van der Waals surface area contributed by atoms with E-state index in [-0.39, 0.29) is 0 Å². The van der Waals surface area contributed by atoms with Gasteiger partial charge in [-0.3, -0.25) is 0 Å². The first-order chi connectivity index (χ1) is 12.4. The minimum absolute atomic E-state index is 0.296. The molecule has 6 nitrogen and oxygen atoms in total. The fourth-order valence-electron chi connectivity index (χ4n) is 3.13. The minimum atomic E-state index is -3.51. The van der Waals surface area contributed by atoms with Crippen molar-refractivity contribution < 1.29 is 8.42 Å². The van der Waals surface area contributed by atoms with Gasteiger partial charge in [-0.05, 0) is 49.7 Å². The summed E-state index contributed by atoms with van der Waals surface area (Å²) in [5.74, 6) is 0. The topological polar surface area (TPSA) is 64.7 Å². The molecule has 2 rings (SSSR count). The van der Waals surface area contributed by atoms with Gasteiger partial charge >= 0.3 is 0 Å². The van der Waals surface area contributed by atoms with Crippen LogP contribution in [0.25, 0.3) is 0 Å². The van der Waals surface area contributed by atoms with E-state index in [1.54, 1.807) is 12.1 Å². The van der Waals surface area contributed by atoms with E-state index in [2.05, 4.69) is 22.5 Å². The molecule has 0 aliphatic carbocycles. The van der Waals surface area contributed by atoms with Crippen molar-refractivity contribution in [2.45, 2.75) is 44.9 Å². The van der Waals surface area contributed by atoms with Crippen molar-refractivity contribution in [2.75, 3.05) is 42.9 Å². The predicted molar refractivity (Wildman–Crippen MR) is 113 cm³/mol. The van der Waals surface area contributed by atoms with Crippen LogP contribution in [0.1, 0.15) is 40.0 Å². The van der Waals surface area contributed by atoms with Crippen LogP contribution < -0.4 is 15.5 Å². The Morgan fingerprint density at radius 3 is 2.42 bits per heavy atom. The summed E-state index contributed by atoms with van der Waals surface area (Å²) in [7, 11) is -3.51. The number of nitrogens with zero attached hydrogens (tertiary/aromatic N) is 2. The second-order valence-corrected chi connectivity index (χ2v) is 8.69. The van der Waals surface area contributed by atoms with Crippen molar-refractivity contribution in [3.8, 4) is 0 Å². The highest BCUT2D eigenvalue weighted by atomic mass is 32.2. The molecule has 0 bridgehead atoms. The lowest BCUT2D eigenvalue weighted by atomic mass is 10.2. The van der Waals surface area contributed by atoms with E-state index >= 15 is 0 Å². The lowest BCUT2D eigenvalue weighted by Crippen LogP contribution is -2.32. The molecule has 0 amide bonds. The van der Waals surface area contributed by atoms with Gasteiger partial charge in [0.1, 0.15) is 0 Å². The van der Waals surface area contributed by atoms with Gasteiger partial charge in [0, 0.05) is 32.7 Å². The Morgan fingerprint density at radius 1 is 1.19 bits per heavy atom. The average Bonchev–Trinajstić information content (AvgIpc) is 3.15. The molecule has 0 atom stereocenters. The number of hydrogen-bond donors (Lipinski definition) is 2. The highest BCUT2D eigenvalue weighted by Gasteiger charge is 2.24. The van der Waals surface area contributed by atoms with Gasteiger partial charge in [0.05, 0.1) is 16.3 Å². The van der Waals surface area contributed by atoms with E-state index < -0.39 is 10.0 Å². The molecule has 0 aromatic heterocycles. The van der Waals surface area contributed by atoms with Crippen LogP contribution in [0.5, 0.6) is 0 Å². The van der Waals surface area contributed by atoms with E-state index in [0.717, 1.165) is 50.3 Å². The first-order valence-electron chi connectivity index (χ1n) is 9.38. The molecule has 26 heavy (non-hydrogen) atoms. The first-order valence-corrected chi connectivity index (χ1v) is 11.2. The van der Waals surface area contributed by atoms with Gasteiger partial charge in [0.25, 0.3) is 0 Å². The fourth-order valence-corrected chi connectivity index (χ4v) is 4.82. The van der Waals surface area contributed by atoms with Gasteiger partial charge in [-0.25, -0.2) is 8.42 Å². The molecule has 1 fully saturated rings. The van der Waals surface area contributed by atoms with E-state index in [1.165, 1.54) is 4.31 Å². The van der Waals surface area contributed by atoms with E-state index in [9.17, 15) is 8.42 Å². The lowest BCUT2D eigenvalue weighted by Gasteiger charge is -2.24. The van der Waals surface area contributed by atoms with Crippen LogP contribution in [0.4, 0.5) is 11.4 Å². The summed E-state index contributed by atoms with van der Waals surface area (Å²) >= 11 is 5.37. The predicted octanol–water partition coefficient (Wildman–Crippen LogP) is 3.01. The van der Waals surface area contributed by atoms with Gasteiger partial charge < -0.3 is 15.5 Å². The summed E-state index contributed by atoms with van der Waals surface area (Å²) in [6, 6.07) is 5.31. The molecule has 0 saturated carbocycles. The molecule has 1 aliphatic heterocycles. The molecule has 146 valence electrons. The second kappa shape index (κ2) is 9.53. The molecular weight excluding hydrogens is 368 g/mol. The maximum Gasteiger partial charge on any atom is 0.243 e. The zero-order chi connectivity index (χ0) is 19.2. The zero-order valence-corrected chi connectivity index (χ0v) is 17.5. The molecule has 8 heteroatoms. The van der Waals surface area contributed by atoms with Crippen molar-refractivity contribution >= 4 is 38.7 Å². The van der Waals surface area contributed by atoms with Gasteiger partial charge in [0.15, 0.2) is 5.11 Å². The molecule has 1 aromatic carbocycles. The van der Waals surface area contributed by atoms with Crippen LogP contribution in [0.2, 0.25) is 0 Å². The average molecular weight is 399 g/mol. The van der Waals surface area contributed by atoms with Crippen LogP contribution in [0, 0.1) is 0 Å². The summed E-state index contributed by atoms with van der Waals surface area (Å²) in [5, 5.41) is 6.87. The molecule has 0 spiro atoms. The standard InChI is InChI=1S/C18H30N4O2S2/c1-4-11-19-18(25)20-16-14-15(26(23,24)22(5-2)6-3)9-10-17(16)21-12-7-8-13-21/h9-10,14H,4-8,11-13H2,1-3H3,(H2,19,20,25). The second-order valence-electron chi connectivity index (χ2n) is 6.34. The third-order valence-corrected chi connectivity index (χ3v) is 6.83. The first kappa shape index (κ1) is 20.9. The summed E-state index contributed by atoms with van der Waals surface area (Å²) in [4.78, 5) is 2.57. The van der Waals surface area contributed by atoms with Gasteiger partial charge in [-0.15, -0.1) is 0 Å². The summed E-state index contributed by atoms with van der Waals surface area (Å²) in [5.41, 5.74) is 1.75. The van der Waals surface area contributed by atoms with Crippen molar-refractivity contribution in [1.29, 1.82) is 0 Å². The Kier molecular flexibility index (Phi) is 7.67. The smallest absolute Gasteiger partial charge is 0.243 e. The summed E-state index contributed by atoms with van der Waals surface area (Å²) in [6.07, 6.45) is 3.27. The Balaban J connectivity index is 2.38. The Hall–Kier alpha value is -1.38. The number of thiocarbonyl (C=S) groups is 1. The molecule has 0 radical (unpaired) electrons. The van der Waals surface area contributed by atoms with E-state index in [0.29, 0.717) is 23.1 Å². The quantitative estimate of drug-likeness (QED) is 0.656. The van der Waals surface area contributed by atoms with Crippen molar-refractivity contribution in [1.82, 2.24) is 9.62 Å². The molecule has 1 aromatic rings. The van der Waals surface area contributed by atoms with Crippen molar-refractivity contribution in [3.63, 3.8) is 0 Å². The summed E-state index contributed by atoms with van der Waals surface area (Å²) < 4.78 is 27.2. The highest BCUT2D eigenvalue weighted by Crippen LogP contribution is 2.32. The number of rotatable bonds is 8. The van der Waals surface area contributed by atoms with Crippen molar-refractivity contribution in [3.05, 3.63) is 18.2 Å². The fraction of sp³-hybridized carbons (Fsp3) is 0.611. The molecule has 0 unspecified atom stereocenters. The number of benzene rings is 1. The monoisotopic (exact) mass is 398 g/mol. The largest absolute Gasteiger partial charge is 0.370 e. The van der Waals surface area contributed by atoms with Crippen LogP contribution in [-0.4, -0.2) is 50.6 Å². The van der Waals surface area contributed by atoms with Crippen LogP contribution in [0.3, 0.4) is 0 Å². The Morgan fingerprint density at radius 2 is 1.85 bits per heavy atom. The normalized spacial score (nSPS) is 14.7. The number of hydrogen-bond acceptors (Lipinski definition) is 4. The van der Waals surface area contributed by atoms with Crippen LogP contribution in [0.15, 0.2) is 23.1 Å². The van der Waals surface area contributed by atoms with Crippen molar-refractivity contribution in [2.24, 2.45) is 0 Å². The molecule has 1 aliphatic rings. The lowest BCUT2D eigenvalue weighted by molar-refractivity contribution is 0.445. The van der Waals surface area contributed by atoms with Gasteiger partial charge in [-0.1, -0.05) is 20.8 Å². The van der Waals surface area contributed by atoms with Crippen LogP contribution >= 0.6 is 12.2 Å². The molecular formula is C18H30N4O2S2. The van der Waals surface area contributed by atoms with Crippen LogP contribution in [-0.2, 0) is 10.0 Å². The van der Waals surface area contributed by atoms with Gasteiger partial charge in [-0.2, -0.15) is 4.31 Å². The Bertz CT molecular complexity index is 712. The minimum Gasteiger partial charge on any atom is -0.370 e. The van der Waals surface area contributed by atoms with Gasteiger partial charge in [0.2, 0.25) is 10.0 Å². The van der Waals surface area contributed by atoms with E-state index in [1.807, 2.05) is 19.9 Å². The maximum atomic E-state index is 12.9. The number of nitrogens with one attached hydrogen (secondary N) is 2. The summed E-state index contributed by atoms with van der Waals surface area (Å²) in [6.45, 7) is 9.41. The number of sulfonamides is 1. The third kappa shape index (κ3) is 4.86. The SMILES string of the molecule is CCCNC(=S)Nc1cc(S(=O)(=O)N(CC)CC)ccc1N1CCCC1. The zero-order valence-electron chi connectivity index (χ0n) is 15.9. The molecule has 1 heterocycles. The molecule has 1 saturated heterocycles. The maximum absolute atomic E-state index is 12.9. The van der Waals surface area contributed by atoms with E-state index in [4.69, 9.17) is 12.2 Å². The Labute approximate surface area is 163 Å². The molecule has 2 N–H and O–H groups in total. The third-order valence-electron chi connectivity index (χ3n) is 4.54.